The molecule has 70 valence electrons. The maximum Gasteiger partial charge on any atom is 0.146 e. The number of benzene rings is 1. The lowest BCUT2D eigenvalue weighted by atomic mass is 10.2. The molecule has 0 saturated carbocycles. The highest BCUT2D eigenvalue weighted by atomic mass is 16.5. The van der Waals surface area contributed by atoms with Gasteiger partial charge in [-0.2, -0.15) is 0 Å². The highest BCUT2D eigenvalue weighted by molar-refractivity contribution is 5.61. The van der Waals surface area contributed by atoms with Gasteiger partial charge in [0.1, 0.15) is 18.1 Å². The summed E-state index contributed by atoms with van der Waals surface area (Å²) in [5, 5.41) is 0. The smallest absolute Gasteiger partial charge is 0.146 e. The van der Waals surface area contributed by atoms with Crippen molar-refractivity contribution < 1.29 is 9.47 Å². The molecule has 1 aliphatic rings. The van der Waals surface area contributed by atoms with Crippen molar-refractivity contribution in [2.45, 2.75) is 0 Å². The summed E-state index contributed by atoms with van der Waals surface area (Å²) in [6, 6.07) is 5.89. The quantitative estimate of drug-likeness (QED) is 0.652. The standard InChI is InChI=1S/C10H13NO2/c1-11-5-6-13-10-7-8(12-2)3-4-9(10)11/h3-4,7H,5-6H2,1-2H3. The van der Waals surface area contributed by atoms with Crippen LogP contribution in [0.3, 0.4) is 0 Å². The molecule has 1 aromatic rings. The summed E-state index contributed by atoms with van der Waals surface area (Å²) in [7, 11) is 3.72. The van der Waals surface area contributed by atoms with E-state index in [4.69, 9.17) is 9.47 Å². The summed E-state index contributed by atoms with van der Waals surface area (Å²) in [5.74, 6) is 1.75. The number of fused-ring (bicyclic) bond motifs is 1. The van der Waals surface area contributed by atoms with E-state index in [1.165, 1.54) is 0 Å². The van der Waals surface area contributed by atoms with Gasteiger partial charge in [-0.25, -0.2) is 0 Å². The van der Waals surface area contributed by atoms with Crippen molar-refractivity contribution in [3.05, 3.63) is 18.2 Å². The summed E-state index contributed by atoms with van der Waals surface area (Å²) >= 11 is 0. The van der Waals surface area contributed by atoms with Crippen molar-refractivity contribution in [3.63, 3.8) is 0 Å². The zero-order valence-electron chi connectivity index (χ0n) is 7.91. The molecule has 0 spiro atoms. The van der Waals surface area contributed by atoms with E-state index in [-0.39, 0.29) is 0 Å². The second-order valence-corrected chi connectivity index (χ2v) is 3.10. The van der Waals surface area contributed by atoms with E-state index in [1.807, 2.05) is 18.2 Å². The molecule has 13 heavy (non-hydrogen) atoms. The van der Waals surface area contributed by atoms with Gasteiger partial charge in [-0.3, -0.25) is 0 Å². The molecule has 0 fully saturated rings. The van der Waals surface area contributed by atoms with E-state index >= 15 is 0 Å². The topological polar surface area (TPSA) is 21.7 Å². The lowest BCUT2D eigenvalue weighted by Crippen LogP contribution is -2.28. The van der Waals surface area contributed by atoms with Gasteiger partial charge in [0.05, 0.1) is 19.3 Å². The molecule has 0 N–H and O–H groups in total. The van der Waals surface area contributed by atoms with Gasteiger partial charge < -0.3 is 14.4 Å². The molecule has 3 heteroatoms. The molecule has 0 unspecified atom stereocenters. The van der Waals surface area contributed by atoms with Crippen molar-refractivity contribution in [2.24, 2.45) is 0 Å². The molecular weight excluding hydrogens is 166 g/mol. The maximum atomic E-state index is 5.51. The molecular formula is C10H13NO2. The van der Waals surface area contributed by atoms with Gasteiger partial charge in [0, 0.05) is 13.1 Å². The monoisotopic (exact) mass is 179 g/mol. The first-order valence-electron chi connectivity index (χ1n) is 4.33. The van der Waals surface area contributed by atoms with E-state index in [0.717, 1.165) is 30.3 Å². The summed E-state index contributed by atoms with van der Waals surface area (Å²) in [6.07, 6.45) is 0. The Hall–Kier alpha value is -1.38. The van der Waals surface area contributed by atoms with Crippen molar-refractivity contribution in [1.29, 1.82) is 0 Å². The number of rotatable bonds is 1. The molecule has 0 atom stereocenters. The van der Waals surface area contributed by atoms with Crippen LogP contribution in [0.2, 0.25) is 0 Å². The van der Waals surface area contributed by atoms with Crippen molar-refractivity contribution in [3.8, 4) is 11.5 Å². The maximum absolute atomic E-state index is 5.51. The zero-order valence-corrected chi connectivity index (χ0v) is 7.91. The lowest BCUT2D eigenvalue weighted by Gasteiger charge is -2.27. The number of ether oxygens (including phenoxy) is 2. The second-order valence-electron chi connectivity index (χ2n) is 3.10. The number of hydrogen-bond donors (Lipinski definition) is 0. The molecule has 1 aliphatic heterocycles. The van der Waals surface area contributed by atoms with Crippen LogP contribution in [-0.2, 0) is 0 Å². The Kier molecular flexibility index (Phi) is 2.00. The van der Waals surface area contributed by atoms with Crippen molar-refractivity contribution in [1.82, 2.24) is 0 Å². The Morgan fingerprint density at radius 3 is 3.08 bits per heavy atom. The van der Waals surface area contributed by atoms with Crippen molar-refractivity contribution in [2.75, 3.05) is 32.2 Å². The van der Waals surface area contributed by atoms with Crippen LogP contribution in [0.1, 0.15) is 0 Å². The van der Waals surface area contributed by atoms with E-state index < -0.39 is 0 Å². The Labute approximate surface area is 77.9 Å². The third-order valence-corrected chi connectivity index (χ3v) is 2.26. The van der Waals surface area contributed by atoms with Crippen LogP contribution in [0, 0.1) is 0 Å². The first-order chi connectivity index (χ1) is 6.31. The predicted octanol–water partition coefficient (Wildman–Crippen LogP) is 1.52. The minimum absolute atomic E-state index is 0.747. The molecule has 1 heterocycles. The SMILES string of the molecule is COc1ccc2c(c1)OCCN2C. The van der Waals surface area contributed by atoms with Gasteiger partial charge in [-0.15, -0.1) is 0 Å². The summed E-state index contributed by atoms with van der Waals surface area (Å²) < 4.78 is 10.6. The van der Waals surface area contributed by atoms with Crippen molar-refractivity contribution >= 4 is 5.69 Å². The highest BCUT2D eigenvalue weighted by Gasteiger charge is 2.14. The normalized spacial score (nSPS) is 14.8. The summed E-state index contributed by atoms with van der Waals surface area (Å²) in [6.45, 7) is 1.69. The second kappa shape index (κ2) is 3.17. The summed E-state index contributed by atoms with van der Waals surface area (Å²) in [5.41, 5.74) is 1.13. The minimum Gasteiger partial charge on any atom is -0.497 e. The molecule has 3 nitrogen and oxygen atoms in total. The van der Waals surface area contributed by atoms with Gasteiger partial charge in [0.2, 0.25) is 0 Å². The predicted molar refractivity (Wildman–Crippen MR) is 51.8 cm³/mol. The number of nitrogens with zero attached hydrogens (tertiary/aromatic N) is 1. The number of anilines is 1. The Morgan fingerprint density at radius 1 is 1.46 bits per heavy atom. The van der Waals surface area contributed by atoms with Gasteiger partial charge in [-0.1, -0.05) is 0 Å². The Balaban J connectivity index is 2.39. The molecule has 0 amide bonds. The molecule has 0 radical (unpaired) electrons. The fourth-order valence-electron chi connectivity index (χ4n) is 1.47. The fraction of sp³-hybridized carbons (Fsp3) is 0.400. The first-order valence-corrected chi connectivity index (χ1v) is 4.33. The van der Waals surface area contributed by atoms with E-state index in [1.54, 1.807) is 7.11 Å². The lowest BCUT2D eigenvalue weighted by molar-refractivity contribution is 0.308. The van der Waals surface area contributed by atoms with E-state index in [2.05, 4.69) is 11.9 Å². The van der Waals surface area contributed by atoms with Crippen LogP contribution in [0.25, 0.3) is 0 Å². The fourth-order valence-corrected chi connectivity index (χ4v) is 1.47. The molecule has 0 aliphatic carbocycles. The molecule has 2 rings (SSSR count). The molecule has 0 saturated heterocycles. The van der Waals surface area contributed by atoms with Crippen LogP contribution in [0.5, 0.6) is 11.5 Å². The van der Waals surface area contributed by atoms with E-state index in [9.17, 15) is 0 Å². The third kappa shape index (κ3) is 1.41. The molecule has 1 aromatic carbocycles. The Morgan fingerprint density at radius 2 is 2.31 bits per heavy atom. The van der Waals surface area contributed by atoms with Crippen LogP contribution in [0.4, 0.5) is 5.69 Å². The first kappa shape index (κ1) is 8.23. The molecule has 0 bridgehead atoms. The largest absolute Gasteiger partial charge is 0.497 e. The summed E-state index contributed by atoms with van der Waals surface area (Å²) in [4.78, 5) is 2.18. The average molecular weight is 179 g/mol. The molecule has 0 aromatic heterocycles. The van der Waals surface area contributed by atoms with Crippen LogP contribution in [0.15, 0.2) is 18.2 Å². The van der Waals surface area contributed by atoms with Gasteiger partial charge in [-0.05, 0) is 12.1 Å². The number of hydrogen-bond acceptors (Lipinski definition) is 3. The van der Waals surface area contributed by atoms with Crippen LogP contribution >= 0.6 is 0 Å². The number of methoxy groups -OCH3 is 1. The zero-order chi connectivity index (χ0) is 9.26. The van der Waals surface area contributed by atoms with E-state index in [0.29, 0.717) is 0 Å². The average Bonchev–Trinajstić information content (AvgIpc) is 2.18. The van der Waals surface area contributed by atoms with Crippen LogP contribution in [-0.4, -0.2) is 27.3 Å². The van der Waals surface area contributed by atoms with Crippen LogP contribution < -0.4 is 14.4 Å². The van der Waals surface area contributed by atoms with Gasteiger partial charge in [0.25, 0.3) is 0 Å². The van der Waals surface area contributed by atoms with Gasteiger partial charge >= 0.3 is 0 Å². The third-order valence-electron chi connectivity index (χ3n) is 2.26. The minimum atomic E-state index is 0.747. The highest BCUT2D eigenvalue weighted by Crippen LogP contribution is 2.33. The Bertz CT molecular complexity index is 312. The number of likely N-dealkylation sites (N-methyl/N-ethyl adjacent to an activating group) is 1. The van der Waals surface area contributed by atoms with Gasteiger partial charge in [0.15, 0.2) is 0 Å².